The van der Waals surface area contributed by atoms with E-state index in [0.717, 1.165) is 16.0 Å². The maximum Gasteiger partial charge on any atom is 0.105 e. The Kier molecular flexibility index (Phi) is 3.58. The number of rotatable bonds is 4. The molecule has 0 aliphatic rings. The molecule has 1 unspecified atom stereocenters. The van der Waals surface area contributed by atoms with Gasteiger partial charge in [0.05, 0.1) is 16.1 Å². The average Bonchev–Trinajstić information content (AvgIpc) is 2.85. The first-order valence-corrected chi connectivity index (χ1v) is 6.14. The molecule has 80 valence electrons. The molecule has 0 saturated heterocycles. The van der Waals surface area contributed by atoms with E-state index in [-0.39, 0.29) is 6.04 Å². The van der Waals surface area contributed by atoms with Gasteiger partial charge in [-0.05, 0) is 40.2 Å². The first kappa shape index (κ1) is 10.9. The molecule has 0 bridgehead atoms. The van der Waals surface area contributed by atoms with Crippen LogP contribution in [0.2, 0.25) is 0 Å². The summed E-state index contributed by atoms with van der Waals surface area (Å²) in [5.41, 5.74) is 2.80. The highest BCUT2D eigenvalue weighted by Crippen LogP contribution is 2.28. The first-order chi connectivity index (χ1) is 7.29. The lowest BCUT2D eigenvalue weighted by atomic mass is 10.1. The lowest BCUT2D eigenvalue weighted by Crippen LogP contribution is -2.28. The van der Waals surface area contributed by atoms with E-state index in [1.54, 1.807) is 17.6 Å². The molecule has 5 heteroatoms. The van der Waals surface area contributed by atoms with E-state index in [9.17, 15) is 0 Å². The Labute approximate surface area is 100 Å². The zero-order valence-corrected chi connectivity index (χ0v) is 10.3. The van der Waals surface area contributed by atoms with Crippen LogP contribution in [0, 0.1) is 0 Å². The standard InChI is InChI=1S/C10H11BrN2OS/c11-10-4-3-9(15-10)8(13-12)6-7-2-1-5-14-7/h1-5,8,13H,6,12H2. The Morgan fingerprint density at radius 3 is 2.87 bits per heavy atom. The van der Waals surface area contributed by atoms with Crippen LogP contribution in [-0.4, -0.2) is 0 Å². The zero-order valence-electron chi connectivity index (χ0n) is 7.94. The number of hydrogen-bond acceptors (Lipinski definition) is 4. The molecular formula is C10H11BrN2OS. The van der Waals surface area contributed by atoms with Crippen LogP contribution in [0.4, 0.5) is 0 Å². The number of nitrogens with one attached hydrogen (secondary N) is 1. The predicted molar refractivity (Wildman–Crippen MR) is 64.5 cm³/mol. The zero-order chi connectivity index (χ0) is 10.7. The van der Waals surface area contributed by atoms with Gasteiger partial charge in [-0.15, -0.1) is 11.3 Å². The molecule has 0 radical (unpaired) electrons. The Morgan fingerprint density at radius 2 is 2.33 bits per heavy atom. The molecule has 0 aliphatic carbocycles. The highest BCUT2D eigenvalue weighted by Gasteiger charge is 2.13. The summed E-state index contributed by atoms with van der Waals surface area (Å²) in [6, 6.07) is 8.02. The smallest absolute Gasteiger partial charge is 0.105 e. The van der Waals surface area contributed by atoms with Gasteiger partial charge in [0.25, 0.3) is 0 Å². The second-order valence-electron chi connectivity index (χ2n) is 3.14. The minimum absolute atomic E-state index is 0.104. The fraction of sp³-hybridized carbons (Fsp3) is 0.200. The van der Waals surface area contributed by atoms with E-state index in [4.69, 9.17) is 10.3 Å². The summed E-state index contributed by atoms with van der Waals surface area (Å²) in [6.07, 6.45) is 2.43. The molecule has 2 aromatic heterocycles. The summed E-state index contributed by atoms with van der Waals surface area (Å²) in [4.78, 5) is 1.20. The normalized spacial score (nSPS) is 12.9. The van der Waals surface area contributed by atoms with Gasteiger partial charge in [0, 0.05) is 11.3 Å². The summed E-state index contributed by atoms with van der Waals surface area (Å²) in [7, 11) is 0. The molecule has 3 N–H and O–H groups in total. The third-order valence-electron chi connectivity index (χ3n) is 2.12. The van der Waals surface area contributed by atoms with Crippen LogP contribution in [0.5, 0.6) is 0 Å². The number of hydrazine groups is 1. The minimum Gasteiger partial charge on any atom is -0.469 e. The second kappa shape index (κ2) is 4.94. The third kappa shape index (κ3) is 2.69. The van der Waals surface area contributed by atoms with Gasteiger partial charge in [-0.1, -0.05) is 0 Å². The van der Waals surface area contributed by atoms with Gasteiger partial charge >= 0.3 is 0 Å². The molecule has 2 heterocycles. The molecule has 0 spiro atoms. The van der Waals surface area contributed by atoms with Gasteiger partial charge in [-0.25, -0.2) is 0 Å². The van der Waals surface area contributed by atoms with Crippen molar-refractivity contribution in [1.29, 1.82) is 0 Å². The number of furan rings is 1. The lowest BCUT2D eigenvalue weighted by Gasteiger charge is -2.11. The third-order valence-corrected chi connectivity index (χ3v) is 3.86. The molecule has 3 nitrogen and oxygen atoms in total. The molecule has 1 atom stereocenters. The van der Waals surface area contributed by atoms with Crippen LogP contribution in [0.3, 0.4) is 0 Å². The Balaban J connectivity index is 2.11. The topological polar surface area (TPSA) is 51.2 Å². The molecule has 15 heavy (non-hydrogen) atoms. The van der Waals surface area contributed by atoms with Gasteiger partial charge in [0.2, 0.25) is 0 Å². The van der Waals surface area contributed by atoms with Crippen molar-refractivity contribution in [2.75, 3.05) is 0 Å². The van der Waals surface area contributed by atoms with Gasteiger partial charge in [0.15, 0.2) is 0 Å². The highest BCUT2D eigenvalue weighted by molar-refractivity contribution is 9.11. The van der Waals surface area contributed by atoms with Crippen LogP contribution in [0.25, 0.3) is 0 Å². The largest absolute Gasteiger partial charge is 0.469 e. The predicted octanol–water partition coefficient (Wildman–Crippen LogP) is 2.85. The van der Waals surface area contributed by atoms with Gasteiger partial charge in [0.1, 0.15) is 5.76 Å². The number of halogens is 1. The van der Waals surface area contributed by atoms with E-state index in [1.807, 2.05) is 18.2 Å². The van der Waals surface area contributed by atoms with Crippen LogP contribution < -0.4 is 11.3 Å². The Morgan fingerprint density at radius 1 is 1.47 bits per heavy atom. The molecule has 0 aromatic carbocycles. The fourth-order valence-corrected chi connectivity index (χ4v) is 2.87. The van der Waals surface area contributed by atoms with Crippen molar-refractivity contribution in [1.82, 2.24) is 5.43 Å². The second-order valence-corrected chi connectivity index (χ2v) is 5.64. The van der Waals surface area contributed by atoms with Crippen molar-refractivity contribution in [3.05, 3.63) is 45.0 Å². The van der Waals surface area contributed by atoms with Crippen molar-refractivity contribution in [2.24, 2.45) is 5.84 Å². The van der Waals surface area contributed by atoms with Crippen molar-refractivity contribution in [2.45, 2.75) is 12.5 Å². The molecule has 0 aliphatic heterocycles. The fourth-order valence-electron chi connectivity index (χ4n) is 1.39. The molecule has 2 aromatic rings. The van der Waals surface area contributed by atoms with Gasteiger partial charge in [-0.2, -0.15) is 0 Å². The van der Waals surface area contributed by atoms with E-state index >= 15 is 0 Å². The molecule has 0 saturated carbocycles. The van der Waals surface area contributed by atoms with Crippen LogP contribution >= 0.6 is 27.3 Å². The monoisotopic (exact) mass is 286 g/mol. The molecule has 0 amide bonds. The van der Waals surface area contributed by atoms with Crippen molar-refractivity contribution in [3.63, 3.8) is 0 Å². The molecule has 2 rings (SSSR count). The van der Waals surface area contributed by atoms with Crippen LogP contribution in [0.1, 0.15) is 16.7 Å². The summed E-state index contributed by atoms with van der Waals surface area (Å²) in [5, 5.41) is 0. The summed E-state index contributed by atoms with van der Waals surface area (Å²) in [5.74, 6) is 6.46. The lowest BCUT2D eigenvalue weighted by molar-refractivity contribution is 0.458. The van der Waals surface area contributed by atoms with Gasteiger partial charge in [-0.3, -0.25) is 11.3 Å². The number of hydrogen-bond donors (Lipinski definition) is 2. The minimum atomic E-state index is 0.104. The van der Waals surface area contributed by atoms with Crippen molar-refractivity contribution < 1.29 is 4.42 Å². The SMILES string of the molecule is NNC(Cc1ccco1)c1ccc(Br)s1. The summed E-state index contributed by atoms with van der Waals surface area (Å²) in [6.45, 7) is 0. The summed E-state index contributed by atoms with van der Waals surface area (Å²) >= 11 is 5.11. The maximum atomic E-state index is 5.53. The average molecular weight is 287 g/mol. The van der Waals surface area contributed by atoms with Crippen molar-refractivity contribution in [3.8, 4) is 0 Å². The molecular weight excluding hydrogens is 276 g/mol. The Bertz CT molecular complexity index is 413. The first-order valence-electron chi connectivity index (χ1n) is 4.53. The van der Waals surface area contributed by atoms with E-state index in [0.29, 0.717) is 0 Å². The van der Waals surface area contributed by atoms with Crippen LogP contribution in [0.15, 0.2) is 38.7 Å². The van der Waals surface area contributed by atoms with Crippen molar-refractivity contribution >= 4 is 27.3 Å². The van der Waals surface area contributed by atoms with E-state index in [2.05, 4.69) is 27.4 Å². The molecule has 0 fully saturated rings. The quantitative estimate of drug-likeness (QED) is 0.671. The Hall–Kier alpha value is -0.620. The highest BCUT2D eigenvalue weighted by atomic mass is 79.9. The van der Waals surface area contributed by atoms with E-state index in [1.165, 1.54) is 4.88 Å². The number of nitrogens with two attached hydrogens (primary N) is 1. The summed E-state index contributed by atoms with van der Waals surface area (Å²) < 4.78 is 6.40. The number of thiophene rings is 1. The maximum absolute atomic E-state index is 5.53. The van der Waals surface area contributed by atoms with E-state index < -0.39 is 0 Å². The van der Waals surface area contributed by atoms with Crippen LogP contribution in [-0.2, 0) is 6.42 Å². The van der Waals surface area contributed by atoms with Gasteiger partial charge < -0.3 is 4.42 Å².